The molecule has 7 nitrogen and oxygen atoms in total. The second-order valence-corrected chi connectivity index (χ2v) is 6.99. The van der Waals surface area contributed by atoms with Crippen molar-refractivity contribution in [2.24, 2.45) is 0 Å². The summed E-state index contributed by atoms with van der Waals surface area (Å²) in [6, 6.07) is 15.2. The Bertz CT molecular complexity index is 969. The molecule has 0 saturated carbocycles. The van der Waals surface area contributed by atoms with E-state index >= 15 is 0 Å². The minimum absolute atomic E-state index is 0.0262. The molecule has 1 fully saturated rings. The lowest BCUT2D eigenvalue weighted by molar-refractivity contribution is -0.133. The van der Waals surface area contributed by atoms with Gasteiger partial charge in [-0.25, -0.2) is 4.79 Å². The van der Waals surface area contributed by atoms with E-state index in [0.717, 1.165) is 9.80 Å². The zero-order valence-corrected chi connectivity index (χ0v) is 15.6. The summed E-state index contributed by atoms with van der Waals surface area (Å²) in [4.78, 5) is 54.6. The third-order valence-corrected chi connectivity index (χ3v) is 5.63. The molecule has 0 spiro atoms. The Labute approximate surface area is 162 Å². The van der Waals surface area contributed by atoms with Gasteiger partial charge in [0.05, 0.1) is 11.1 Å². The largest absolute Gasteiger partial charge is 0.327 e. The molecule has 0 aromatic heterocycles. The third-order valence-electron chi connectivity index (χ3n) is 5.63. The third kappa shape index (κ3) is 2.29. The van der Waals surface area contributed by atoms with Crippen molar-refractivity contribution in [3.05, 3.63) is 71.3 Å². The van der Waals surface area contributed by atoms with Gasteiger partial charge in [-0.05, 0) is 17.7 Å². The molecule has 5 amide bonds. The first-order valence-corrected chi connectivity index (χ1v) is 8.96. The molecule has 7 heteroatoms. The van der Waals surface area contributed by atoms with Gasteiger partial charge in [0.1, 0.15) is 0 Å². The smallest absolute Gasteiger partial charge is 0.308 e. The van der Waals surface area contributed by atoms with Crippen molar-refractivity contribution in [3.8, 4) is 0 Å². The maximum atomic E-state index is 13.1. The standard InChI is InChI=1S/C21H19N3O4/c1-22-19(27)21(23(2)20(22)28,14-8-4-3-5-9-14)12-13-24-17(25)15-10-6-7-11-16(15)18(24)26/h3-11H,12-13H2,1-2H3/t21-/m1/s1. The molecule has 0 bridgehead atoms. The Morgan fingerprint density at radius 2 is 1.32 bits per heavy atom. The molecule has 2 heterocycles. The molecule has 142 valence electrons. The van der Waals surface area contributed by atoms with Crippen LogP contribution in [0.25, 0.3) is 0 Å². The van der Waals surface area contributed by atoms with Gasteiger partial charge in [-0.15, -0.1) is 0 Å². The number of carbonyl (C=O) groups is 4. The fourth-order valence-corrected chi connectivity index (χ4v) is 4.06. The molecule has 1 saturated heterocycles. The number of urea groups is 1. The van der Waals surface area contributed by atoms with E-state index < -0.39 is 11.6 Å². The van der Waals surface area contributed by atoms with E-state index in [4.69, 9.17) is 0 Å². The number of nitrogens with zero attached hydrogens (tertiary/aromatic N) is 3. The van der Waals surface area contributed by atoms with Gasteiger partial charge < -0.3 is 4.90 Å². The first-order valence-electron chi connectivity index (χ1n) is 8.96. The van der Waals surface area contributed by atoms with E-state index in [2.05, 4.69) is 0 Å². The summed E-state index contributed by atoms with van der Waals surface area (Å²) >= 11 is 0. The lowest BCUT2D eigenvalue weighted by Crippen LogP contribution is -2.48. The van der Waals surface area contributed by atoms with Gasteiger partial charge in [0.2, 0.25) is 0 Å². The van der Waals surface area contributed by atoms with Crippen LogP contribution in [0.3, 0.4) is 0 Å². The molecular formula is C21H19N3O4. The minimum Gasteiger partial charge on any atom is -0.308 e. The molecule has 2 aromatic rings. The normalized spacial score (nSPS) is 21.7. The van der Waals surface area contributed by atoms with Gasteiger partial charge in [-0.2, -0.15) is 0 Å². The van der Waals surface area contributed by atoms with E-state index in [0.29, 0.717) is 16.7 Å². The monoisotopic (exact) mass is 377 g/mol. The fraction of sp³-hybridized carbons (Fsp3) is 0.238. The topological polar surface area (TPSA) is 78.0 Å². The van der Waals surface area contributed by atoms with E-state index in [1.165, 1.54) is 11.9 Å². The number of rotatable bonds is 4. The minimum atomic E-state index is -1.26. The summed E-state index contributed by atoms with van der Waals surface area (Å²) in [6.45, 7) is 0.0262. The highest BCUT2D eigenvalue weighted by molar-refractivity contribution is 6.21. The van der Waals surface area contributed by atoms with Crippen molar-refractivity contribution >= 4 is 23.8 Å². The Balaban J connectivity index is 1.70. The highest BCUT2D eigenvalue weighted by Gasteiger charge is 2.55. The predicted molar refractivity (Wildman–Crippen MR) is 100 cm³/mol. The molecule has 0 N–H and O–H groups in total. The van der Waals surface area contributed by atoms with Crippen molar-refractivity contribution in [2.75, 3.05) is 20.6 Å². The quantitative estimate of drug-likeness (QED) is 0.604. The van der Waals surface area contributed by atoms with Crippen LogP contribution in [-0.2, 0) is 10.3 Å². The van der Waals surface area contributed by atoms with E-state index in [9.17, 15) is 19.2 Å². The summed E-state index contributed by atoms with van der Waals surface area (Å²) in [5.41, 5.74) is 0.112. The molecule has 2 aliphatic heterocycles. The van der Waals surface area contributed by atoms with Crippen LogP contribution in [0.15, 0.2) is 54.6 Å². The molecular weight excluding hydrogens is 358 g/mol. The number of fused-ring (bicyclic) bond motifs is 1. The Morgan fingerprint density at radius 3 is 1.82 bits per heavy atom. The number of amides is 5. The number of hydrogen-bond acceptors (Lipinski definition) is 4. The summed E-state index contributed by atoms with van der Waals surface area (Å²) in [5.74, 6) is -1.13. The van der Waals surface area contributed by atoms with Crippen molar-refractivity contribution in [3.63, 3.8) is 0 Å². The van der Waals surface area contributed by atoms with Crippen molar-refractivity contribution in [1.29, 1.82) is 0 Å². The van der Waals surface area contributed by atoms with E-state index in [-0.39, 0.29) is 30.7 Å². The van der Waals surface area contributed by atoms with Crippen molar-refractivity contribution in [1.82, 2.24) is 14.7 Å². The molecule has 0 aliphatic carbocycles. The fourth-order valence-electron chi connectivity index (χ4n) is 4.06. The van der Waals surface area contributed by atoms with Crippen LogP contribution < -0.4 is 0 Å². The second-order valence-electron chi connectivity index (χ2n) is 6.99. The maximum absolute atomic E-state index is 13.1. The van der Waals surface area contributed by atoms with Crippen molar-refractivity contribution in [2.45, 2.75) is 12.0 Å². The van der Waals surface area contributed by atoms with Crippen LogP contribution in [0.2, 0.25) is 0 Å². The number of benzene rings is 2. The van der Waals surface area contributed by atoms with Gasteiger partial charge in [-0.3, -0.25) is 24.2 Å². The summed E-state index contributed by atoms with van der Waals surface area (Å²) < 4.78 is 0. The van der Waals surface area contributed by atoms with Crippen LogP contribution >= 0.6 is 0 Å². The molecule has 2 aromatic carbocycles. The van der Waals surface area contributed by atoms with Gasteiger partial charge in [0.25, 0.3) is 17.7 Å². The zero-order chi connectivity index (χ0) is 20.1. The Morgan fingerprint density at radius 1 is 0.786 bits per heavy atom. The summed E-state index contributed by atoms with van der Waals surface area (Å²) in [5, 5.41) is 0. The first kappa shape index (κ1) is 17.9. The molecule has 0 radical (unpaired) electrons. The Hall–Kier alpha value is -3.48. The Kier molecular flexibility index (Phi) is 4.03. The number of likely N-dealkylation sites (N-methyl/N-ethyl adjacent to an activating group) is 2. The average molecular weight is 377 g/mol. The van der Waals surface area contributed by atoms with Crippen LogP contribution in [0, 0.1) is 0 Å². The first-order chi connectivity index (χ1) is 13.4. The van der Waals surface area contributed by atoms with Gasteiger partial charge >= 0.3 is 6.03 Å². The van der Waals surface area contributed by atoms with E-state index in [1.54, 1.807) is 55.6 Å². The summed E-state index contributed by atoms with van der Waals surface area (Å²) in [6.07, 6.45) is 0.119. The average Bonchev–Trinajstić information content (AvgIpc) is 3.06. The van der Waals surface area contributed by atoms with Gasteiger partial charge in [-0.1, -0.05) is 42.5 Å². The lowest BCUT2D eigenvalue weighted by atomic mass is 9.85. The van der Waals surface area contributed by atoms with E-state index in [1.807, 2.05) is 6.07 Å². The van der Waals surface area contributed by atoms with Crippen LogP contribution in [0.5, 0.6) is 0 Å². The molecule has 1 atom stereocenters. The van der Waals surface area contributed by atoms with Crippen molar-refractivity contribution < 1.29 is 19.2 Å². The van der Waals surface area contributed by atoms with Gasteiger partial charge in [0.15, 0.2) is 5.54 Å². The number of carbonyl (C=O) groups excluding carboxylic acids is 4. The van der Waals surface area contributed by atoms with Gasteiger partial charge in [0, 0.05) is 27.1 Å². The maximum Gasteiger partial charge on any atom is 0.327 e. The number of hydrogen-bond donors (Lipinski definition) is 0. The highest BCUT2D eigenvalue weighted by Crippen LogP contribution is 2.39. The molecule has 0 unspecified atom stereocenters. The molecule has 2 aliphatic rings. The second kappa shape index (κ2) is 6.30. The SMILES string of the molecule is CN1C(=O)N(C)[C@](CCN2C(=O)c3ccccc3C2=O)(c2ccccc2)C1=O. The number of imide groups is 2. The summed E-state index contributed by atoms with van der Waals surface area (Å²) in [7, 11) is 3.01. The van der Waals surface area contributed by atoms with Crippen LogP contribution in [0.4, 0.5) is 4.79 Å². The molecule has 28 heavy (non-hydrogen) atoms. The zero-order valence-electron chi connectivity index (χ0n) is 15.6. The highest BCUT2D eigenvalue weighted by atomic mass is 16.2. The van der Waals surface area contributed by atoms with Crippen LogP contribution in [-0.4, -0.2) is 59.1 Å². The lowest BCUT2D eigenvalue weighted by Gasteiger charge is -2.34. The van der Waals surface area contributed by atoms with Crippen LogP contribution in [0.1, 0.15) is 32.7 Å². The molecule has 4 rings (SSSR count). The predicted octanol–water partition coefficient (Wildman–Crippen LogP) is 2.09.